The van der Waals surface area contributed by atoms with Crippen molar-refractivity contribution in [1.82, 2.24) is 10.2 Å². The number of carbonyl (C=O) groups excluding carboxylic acids is 2. The molecule has 0 bridgehead atoms. The molecule has 0 spiro atoms. The van der Waals surface area contributed by atoms with Crippen molar-refractivity contribution >= 4 is 17.8 Å². The van der Waals surface area contributed by atoms with Crippen LogP contribution < -0.4 is 5.32 Å². The van der Waals surface area contributed by atoms with Gasteiger partial charge in [-0.1, -0.05) is 43.7 Å². The van der Waals surface area contributed by atoms with Gasteiger partial charge in [-0.2, -0.15) is 0 Å². The third-order valence-electron chi connectivity index (χ3n) is 5.51. The summed E-state index contributed by atoms with van der Waals surface area (Å²) in [6, 6.07) is 7.34. The maximum absolute atomic E-state index is 12.6. The lowest BCUT2D eigenvalue weighted by molar-refractivity contribution is -0.149. The molecule has 0 aliphatic carbocycles. The van der Waals surface area contributed by atoms with Gasteiger partial charge in [0.05, 0.1) is 5.41 Å². The molecule has 1 heterocycles. The molecule has 1 unspecified atom stereocenters. The number of aliphatic carboxylic acids is 1. The van der Waals surface area contributed by atoms with E-state index in [1.165, 1.54) is 0 Å². The minimum absolute atomic E-state index is 0.0406. The third-order valence-corrected chi connectivity index (χ3v) is 5.51. The van der Waals surface area contributed by atoms with Gasteiger partial charge in [0.1, 0.15) is 6.04 Å². The van der Waals surface area contributed by atoms with Gasteiger partial charge in [0.2, 0.25) is 11.8 Å². The maximum Gasteiger partial charge on any atom is 0.311 e. The van der Waals surface area contributed by atoms with Crippen molar-refractivity contribution in [2.75, 3.05) is 6.54 Å². The predicted octanol–water partition coefficient (Wildman–Crippen LogP) is 2.49. The van der Waals surface area contributed by atoms with Crippen LogP contribution in [0.5, 0.6) is 0 Å². The first-order valence-corrected chi connectivity index (χ1v) is 9.19. The zero-order valence-corrected chi connectivity index (χ0v) is 15.7. The second-order valence-electron chi connectivity index (χ2n) is 7.07. The van der Waals surface area contributed by atoms with Crippen LogP contribution in [0, 0.1) is 12.3 Å². The van der Waals surface area contributed by atoms with E-state index < -0.39 is 17.4 Å². The molecule has 2 rings (SSSR count). The van der Waals surface area contributed by atoms with E-state index in [9.17, 15) is 19.5 Å². The normalized spacial score (nSPS) is 17.4. The van der Waals surface area contributed by atoms with E-state index in [4.69, 9.17) is 0 Å². The molecule has 1 aromatic rings. The van der Waals surface area contributed by atoms with Crippen molar-refractivity contribution in [3.63, 3.8) is 0 Å². The fourth-order valence-corrected chi connectivity index (χ4v) is 3.35. The standard InChI is InChI=1S/C20H28N2O4/c1-4-20(5-2,19(25)26)13-21-18(24)16-10-11-17(23)22(16)12-15-8-6-14(3)7-9-15/h6-9,16H,4-5,10-13H2,1-3H3,(H,21,24)(H,25,26). The summed E-state index contributed by atoms with van der Waals surface area (Å²) in [6.45, 7) is 6.09. The summed E-state index contributed by atoms with van der Waals surface area (Å²) in [5.41, 5.74) is 1.16. The molecule has 1 aliphatic rings. The molecule has 1 aliphatic heterocycles. The number of nitrogens with one attached hydrogen (secondary N) is 1. The molecule has 2 N–H and O–H groups in total. The average Bonchev–Trinajstić information content (AvgIpc) is 2.98. The second kappa shape index (κ2) is 8.34. The number of amides is 2. The number of hydrogen-bond acceptors (Lipinski definition) is 3. The molecule has 1 saturated heterocycles. The number of carboxylic acid groups (broad SMARTS) is 1. The molecule has 0 radical (unpaired) electrons. The van der Waals surface area contributed by atoms with Crippen LogP contribution in [0.4, 0.5) is 0 Å². The first-order valence-electron chi connectivity index (χ1n) is 9.19. The van der Waals surface area contributed by atoms with Crippen LogP contribution in [-0.4, -0.2) is 40.4 Å². The summed E-state index contributed by atoms with van der Waals surface area (Å²) >= 11 is 0. The van der Waals surface area contributed by atoms with Crippen LogP contribution >= 0.6 is 0 Å². The quantitative estimate of drug-likeness (QED) is 0.746. The first-order chi connectivity index (χ1) is 12.3. The highest BCUT2D eigenvalue weighted by atomic mass is 16.4. The Morgan fingerprint density at radius 2 is 1.85 bits per heavy atom. The highest BCUT2D eigenvalue weighted by molar-refractivity contribution is 5.91. The van der Waals surface area contributed by atoms with Crippen molar-refractivity contribution in [2.24, 2.45) is 5.41 Å². The minimum Gasteiger partial charge on any atom is -0.481 e. The average molecular weight is 360 g/mol. The van der Waals surface area contributed by atoms with Gasteiger partial charge in [-0.05, 0) is 31.7 Å². The molecular formula is C20H28N2O4. The van der Waals surface area contributed by atoms with Gasteiger partial charge in [0.25, 0.3) is 0 Å². The molecule has 0 saturated carbocycles. The summed E-state index contributed by atoms with van der Waals surface area (Å²) in [5, 5.41) is 12.3. The lowest BCUT2D eigenvalue weighted by Crippen LogP contribution is -2.49. The second-order valence-corrected chi connectivity index (χ2v) is 7.07. The topological polar surface area (TPSA) is 86.7 Å². The SMILES string of the molecule is CCC(CC)(CNC(=O)C1CCC(=O)N1Cc1ccc(C)cc1)C(=O)O. The minimum atomic E-state index is -0.958. The highest BCUT2D eigenvalue weighted by Crippen LogP contribution is 2.27. The third kappa shape index (κ3) is 4.23. The highest BCUT2D eigenvalue weighted by Gasteiger charge is 2.39. The Hall–Kier alpha value is -2.37. The summed E-state index contributed by atoms with van der Waals surface area (Å²) in [6.07, 6.45) is 1.69. The Bertz CT molecular complexity index is 665. The van der Waals surface area contributed by atoms with Gasteiger partial charge in [-0.15, -0.1) is 0 Å². The van der Waals surface area contributed by atoms with Gasteiger partial charge < -0.3 is 15.3 Å². The lowest BCUT2D eigenvalue weighted by atomic mass is 9.82. The summed E-state index contributed by atoms with van der Waals surface area (Å²) in [5.74, 6) is -1.21. The Morgan fingerprint density at radius 3 is 2.38 bits per heavy atom. The summed E-state index contributed by atoms with van der Waals surface area (Å²) in [4.78, 5) is 38.1. The number of hydrogen-bond donors (Lipinski definition) is 2. The van der Waals surface area contributed by atoms with Crippen LogP contribution in [0.3, 0.4) is 0 Å². The Labute approximate surface area is 154 Å². The van der Waals surface area contributed by atoms with E-state index in [2.05, 4.69) is 5.32 Å². The van der Waals surface area contributed by atoms with Crippen LogP contribution in [0.2, 0.25) is 0 Å². The number of carboxylic acids is 1. The van der Waals surface area contributed by atoms with E-state index in [1.54, 1.807) is 4.90 Å². The smallest absolute Gasteiger partial charge is 0.311 e. The molecular weight excluding hydrogens is 332 g/mol. The Kier molecular flexibility index (Phi) is 6.40. The van der Waals surface area contributed by atoms with Crippen LogP contribution in [0.25, 0.3) is 0 Å². The molecule has 26 heavy (non-hydrogen) atoms. The van der Waals surface area contributed by atoms with Crippen LogP contribution in [0.15, 0.2) is 24.3 Å². The Morgan fingerprint density at radius 1 is 1.23 bits per heavy atom. The molecule has 142 valence electrons. The predicted molar refractivity (Wildman–Crippen MR) is 98.4 cm³/mol. The molecule has 0 aromatic heterocycles. The van der Waals surface area contributed by atoms with E-state index in [1.807, 2.05) is 45.0 Å². The van der Waals surface area contributed by atoms with Crippen LogP contribution in [-0.2, 0) is 20.9 Å². The summed E-state index contributed by atoms with van der Waals surface area (Å²) < 4.78 is 0. The zero-order valence-electron chi connectivity index (χ0n) is 15.7. The fourth-order valence-electron chi connectivity index (χ4n) is 3.35. The van der Waals surface area contributed by atoms with Gasteiger partial charge >= 0.3 is 5.97 Å². The number of likely N-dealkylation sites (tertiary alicyclic amines) is 1. The van der Waals surface area contributed by atoms with E-state index in [0.29, 0.717) is 32.2 Å². The van der Waals surface area contributed by atoms with E-state index in [0.717, 1.165) is 11.1 Å². The van der Waals surface area contributed by atoms with Crippen molar-refractivity contribution in [3.05, 3.63) is 35.4 Å². The molecule has 6 nitrogen and oxygen atoms in total. The largest absolute Gasteiger partial charge is 0.481 e. The zero-order chi connectivity index (χ0) is 19.3. The molecule has 1 aromatic carbocycles. The first kappa shape index (κ1) is 19.9. The molecule has 2 amide bonds. The monoisotopic (exact) mass is 360 g/mol. The van der Waals surface area contributed by atoms with Crippen LogP contribution in [0.1, 0.15) is 50.7 Å². The number of rotatable bonds is 8. The molecule has 1 atom stereocenters. The number of nitrogens with zero attached hydrogens (tertiary/aromatic N) is 1. The van der Waals surface area contributed by atoms with E-state index >= 15 is 0 Å². The summed E-state index contributed by atoms with van der Waals surface area (Å²) in [7, 11) is 0. The van der Waals surface area contributed by atoms with Crippen molar-refractivity contribution in [1.29, 1.82) is 0 Å². The maximum atomic E-state index is 12.6. The number of carbonyl (C=O) groups is 3. The number of aryl methyl sites for hydroxylation is 1. The van der Waals surface area contributed by atoms with E-state index in [-0.39, 0.29) is 18.4 Å². The Balaban J connectivity index is 2.05. The van der Waals surface area contributed by atoms with Crippen molar-refractivity contribution in [3.8, 4) is 0 Å². The van der Waals surface area contributed by atoms with Crippen molar-refractivity contribution in [2.45, 2.75) is 59.0 Å². The van der Waals surface area contributed by atoms with Gasteiger partial charge in [0.15, 0.2) is 0 Å². The van der Waals surface area contributed by atoms with Gasteiger partial charge in [0, 0.05) is 19.5 Å². The van der Waals surface area contributed by atoms with Gasteiger partial charge in [-0.25, -0.2) is 0 Å². The number of benzene rings is 1. The lowest BCUT2D eigenvalue weighted by Gasteiger charge is -2.29. The van der Waals surface area contributed by atoms with Crippen molar-refractivity contribution < 1.29 is 19.5 Å². The molecule has 1 fully saturated rings. The fraction of sp³-hybridized carbons (Fsp3) is 0.550. The van der Waals surface area contributed by atoms with Gasteiger partial charge in [-0.3, -0.25) is 14.4 Å². The molecule has 6 heteroatoms.